The number of benzene rings is 2. The van der Waals surface area contributed by atoms with Crippen LogP contribution >= 0.6 is 0 Å². The van der Waals surface area contributed by atoms with Gasteiger partial charge in [-0.1, -0.05) is 24.3 Å². The smallest absolute Gasteiger partial charge is 0.269 e. The zero-order valence-corrected chi connectivity index (χ0v) is 17.4. The van der Waals surface area contributed by atoms with Crippen LogP contribution < -0.4 is 10.3 Å². The van der Waals surface area contributed by atoms with Crippen LogP contribution in [-0.2, 0) is 11.3 Å². The van der Waals surface area contributed by atoms with Crippen molar-refractivity contribution in [3.8, 4) is 5.75 Å². The lowest BCUT2D eigenvalue weighted by Gasteiger charge is -2.23. The normalized spacial score (nSPS) is 14.4. The fourth-order valence-corrected chi connectivity index (χ4v) is 3.87. The number of hydrogen-bond acceptors (Lipinski definition) is 5. The number of fused-ring (bicyclic) bond motifs is 1. The molecule has 0 aliphatic carbocycles. The van der Waals surface area contributed by atoms with Crippen LogP contribution in [0.15, 0.2) is 59.5 Å². The molecule has 0 N–H and O–H groups in total. The molecule has 1 aromatic heterocycles. The highest BCUT2D eigenvalue weighted by Gasteiger charge is 2.25. The molecule has 1 aliphatic rings. The molecule has 2 aromatic carbocycles. The SMILES string of the molecule is COc1ccccc1C(=O)N1CCCN(C(=O)Cn2c(=O)cnc3ccccc32)CC1. The zero-order valence-electron chi connectivity index (χ0n) is 17.4. The maximum atomic E-state index is 13.0. The second-order valence-electron chi connectivity index (χ2n) is 7.40. The van der Waals surface area contributed by atoms with Crippen LogP contribution in [0.2, 0.25) is 0 Å². The van der Waals surface area contributed by atoms with Gasteiger partial charge in [0, 0.05) is 26.2 Å². The van der Waals surface area contributed by atoms with Gasteiger partial charge in [-0.3, -0.25) is 19.0 Å². The Morgan fingerprint density at radius 2 is 1.68 bits per heavy atom. The molecule has 8 heteroatoms. The van der Waals surface area contributed by atoms with Crippen molar-refractivity contribution in [2.24, 2.45) is 0 Å². The number of carbonyl (C=O) groups excluding carboxylic acids is 2. The largest absolute Gasteiger partial charge is 0.496 e. The quantitative estimate of drug-likeness (QED) is 0.642. The lowest BCUT2D eigenvalue weighted by molar-refractivity contribution is -0.131. The van der Waals surface area contributed by atoms with E-state index in [1.807, 2.05) is 24.3 Å². The highest BCUT2D eigenvalue weighted by molar-refractivity contribution is 5.97. The summed E-state index contributed by atoms with van der Waals surface area (Å²) in [6, 6.07) is 14.4. The van der Waals surface area contributed by atoms with E-state index in [2.05, 4.69) is 4.98 Å². The number of hydrogen-bond donors (Lipinski definition) is 0. The maximum absolute atomic E-state index is 13.0. The molecule has 1 aliphatic heterocycles. The highest BCUT2D eigenvalue weighted by Crippen LogP contribution is 2.20. The third-order valence-corrected chi connectivity index (χ3v) is 5.52. The third kappa shape index (κ3) is 4.28. The number of methoxy groups -OCH3 is 1. The molecule has 1 fully saturated rings. The maximum Gasteiger partial charge on any atom is 0.269 e. The van der Waals surface area contributed by atoms with Crippen molar-refractivity contribution in [3.05, 3.63) is 70.6 Å². The molecule has 2 heterocycles. The second-order valence-corrected chi connectivity index (χ2v) is 7.40. The summed E-state index contributed by atoms with van der Waals surface area (Å²) >= 11 is 0. The highest BCUT2D eigenvalue weighted by atomic mass is 16.5. The van der Waals surface area contributed by atoms with E-state index in [1.165, 1.54) is 10.8 Å². The molecule has 0 radical (unpaired) electrons. The molecule has 0 atom stereocenters. The van der Waals surface area contributed by atoms with Gasteiger partial charge in [0.2, 0.25) is 5.91 Å². The Balaban J connectivity index is 1.47. The molecule has 8 nitrogen and oxygen atoms in total. The first kappa shape index (κ1) is 20.6. The van der Waals surface area contributed by atoms with Crippen molar-refractivity contribution in [2.75, 3.05) is 33.3 Å². The molecule has 0 bridgehead atoms. The summed E-state index contributed by atoms with van der Waals surface area (Å²) in [6.07, 6.45) is 1.91. The molecule has 160 valence electrons. The van der Waals surface area contributed by atoms with Crippen molar-refractivity contribution in [1.82, 2.24) is 19.4 Å². The average molecular weight is 420 g/mol. The number of aromatic nitrogens is 2. The van der Waals surface area contributed by atoms with Crippen LogP contribution in [-0.4, -0.2) is 64.5 Å². The number of carbonyl (C=O) groups is 2. The monoisotopic (exact) mass is 420 g/mol. The topological polar surface area (TPSA) is 84.7 Å². The fraction of sp³-hybridized carbons (Fsp3) is 0.304. The second kappa shape index (κ2) is 8.99. The number of ether oxygens (including phenoxy) is 1. The lowest BCUT2D eigenvalue weighted by atomic mass is 10.1. The van der Waals surface area contributed by atoms with Gasteiger partial charge in [-0.2, -0.15) is 0 Å². The van der Waals surface area contributed by atoms with Crippen LogP contribution in [0, 0.1) is 0 Å². The summed E-state index contributed by atoms with van der Waals surface area (Å²) < 4.78 is 6.76. The Hall–Kier alpha value is -3.68. The summed E-state index contributed by atoms with van der Waals surface area (Å²) in [5, 5.41) is 0. The van der Waals surface area contributed by atoms with Gasteiger partial charge in [0.15, 0.2) is 0 Å². The summed E-state index contributed by atoms with van der Waals surface area (Å²) in [6.45, 7) is 1.87. The first-order valence-electron chi connectivity index (χ1n) is 10.2. The van der Waals surface area contributed by atoms with Gasteiger partial charge >= 0.3 is 0 Å². The van der Waals surface area contributed by atoms with E-state index < -0.39 is 0 Å². The molecular formula is C23H24N4O4. The first-order chi connectivity index (χ1) is 15.1. The van der Waals surface area contributed by atoms with Crippen molar-refractivity contribution in [2.45, 2.75) is 13.0 Å². The Kier molecular flexibility index (Phi) is 5.97. The van der Waals surface area contributed by atoms with E-state index in [-0.39, 0.29) is 23.9 Å². The number of amides is 2. The summed E-state index contributed by atoms with van der Waals surface area (Å²) in [5.74, 6) is 0.279. The van der Waals surface area contributed by atoms with Crippen LogP contribution in [0.4, 0.5) is 0 Å². The van der Waals surface area contributed by atoms with Gasteiger partial charge in [-0.25, -0.2) is 4.98 Å². The van der Waals surface area contributed by atoms with E-state index in [1.54, 1.807) is 41.2 Å². The lowest BCUT2D eigenvalue weighted by Crippen LogP contribution is -2.40. The van der Waals surface area contributed by atoms with Crippen LogP contribution in [0.5, 0.6) is 5.75 Å². The Morgan fingerprint density at radius 3 is 2.52 bits per heavy atom. The molecule has 1 saturated heterocycles. The number of rotatable bonds is 4. The standard InChI is InChI=1S/C23H24N4O4/c1-31-20-10-5-2-7-17(20)23(30)26-12-6-11-25(13-14-26)22(29)16-27-19-9-4-3-8-18(19)24-15-21(27)28/h2-5,7-10,15H,6,11-14,16H2,1H3. The molecule has 3 aromatic rings. The van der Waals surface area contributed by atoms with Gasteiger partial charge in [0.1, 0.15) is 12.3 Å². The van der Waals surface area contributed by atoms with Crippen molar-refractivity contribution >= 4 is 22.8 Å². The minimum Gasteiger partial charge on any atom is -0.496 e. The van der Waals surface area contributed by atoms with Gasteiger partial charge in [0.05, 0.1) is 29.9 Å². The number of nitrogens with zero attached hydrogens (tertiary/aromatic N) is 4. The molecule has 0 saturated carbocycles. The van der Waals surface area contributed by atoms with E-state index in [0.29, 0.717) is 54.9 Å². The zero-order chi connectivity index (χ0) is 21.8. The van der Waals surface area contributed by atoms with Crippen molar-refractivity contribution in [1.29, 1.82) is 0 Å². The molecular weight excluding hydrogens is 396 g/mol. The minimum atomic E-state index is -0.310. The molecule has 4 rings (SSSR count). The van der Waals surface area contributed by atoms with Crippen LogP contribution in [0.25, 0.3) is 11.0 Å². The van der Waals surface area contributed by atoms with E-state index >= 15 is 0 Å². The van der Waals surface area contributed by atoms with Gasteiger partial charge in [0.25, 0.3) is 11.5 Å². The Morgan fingerprint density at radius 1 is 0.968 bits per heavy atom. The van der Waals surface area contributed by atoms with Crippen molar-refractivity contribution in [3.63, 3.8) is 0 Å². The van der Waals surface area contributed by atoms with Crippen molar-refractivity contribution < 1.29 is 14.3 Å². The van der Waals surface area contributed by atoms with Crippen LogP contribution in [0.3, 0.4) is 0 Å². The molecule has 0 spiro atoms. The minimum absolute atomic E-state index is 0.0533. The Bertz CT molecular complexity index is 1170. The molecule has 2 amide bonds. The fourth-order valence-electron chi connectivity index (χ4n) is 3.87. The van der Waals surface area contributed by atoms with E-state index in [4.69, 9.17) is 4.74 Å². The predicted molar refractivity (Wildman–Crippen MR) is 116 cm³/mol. The predicted octanol–water partition coefficient (Wildman–Crippen LogP) is 1.78. The van der Waals surface area contributed by atoms with E-state index in [0.717, 1.165) is 0 Å². The van der Waals surface area contributed by atoms with Crippen LogP contribution in [0.1, 0.15) is 16.8 Å². The van der Waals surface area contributed by atoms with Gasteiger partial charge in [-0.05, 0) is 30.7 Å². The summed E-state index contributed by atoms with van der Waals surface area (Å²) in [4.78, 5) is 45.9. The molecule has 31 heavy (non-hydrogen) atoms. The van der Waals surface area contributed by atoms with E-state index in [9.17, 15) is 14.4 Å². The Labute approximate surface area is 179 Å². The summed E-state index contributed by atoms with van der Waals surface area (Å²) in [7, 11) is 1.54. The van der Waals surface area contributed by atoms with Gasteiger partial charge < -0.3 is 14.5 Å². The average Bonchev–Trinajstić information content (AvgIpc) is 3.07. The first-order valence-corrected chi connectivity index (χ1v) is 10.2. The number of para-hydroxylation sites is 3. The molecule has 0 unspecified atom stereocenters. The van der Waals surface area contributed by atoms with Gasteiger partial charge in [-0.15, -0.1) is 0 Å². The summed E-state index contributed by atoms with van der Waals surface area (Å²) in [5.41, 5.74) is 1.50. The third-order valence-electron chi connectivity index (χ3n) is 5.52.